The van der Waals surface area contributed by atoms with Crippen LogP contribution in [0.25, 0.3) is 0 Å². The molecule has 4 heteroatoms. The highest BCUT2D eigenvalue weighted by Crippen LogP contribution is 2.30. The Labute approximate surface area is 84.2 Å². The molecule has 14 heavy (non-hydrogen) atoms. The third kappa shape index (κ3) is 2.00. The van der Waals surface area contributed by atoms with Gasteiger partial charge >= 0.3 is 0 Å². The van der Waals surface area contributed by atoms with Crippen LogP contribution in [-0.4, -0.2) is 22.2 Å². The number of hydrogen-bond acceptors (Lipinski definition) is 4. The van der Waals surface area contributed by atoms with Crippen LogP contribution in [0.4, 0.5) is 5.82 Å². The van der Waals surface area contributed by atoms with Crippen molar-refractivity contribution in [3.63, 3.8) is 0 Å². The molecule has 0 unspecified atom stereocenters. The minimum Gasteiger partial charge on any atom is -0.372 e. The normalized spacial score (nSPS) is 18.1. The van der Waals surface area contributed by atoms with Gasteiger partial charge in [-0.3, -0.25) is 0 Å². The molecular formula is C10H16N4. The average Bonchev–Trinajstić information content (AvgIpc) is 2.30. The van der Waals surface area contributed by atoms with Gasteiger partial charge in [-0.05, 0) is 12.8 Å². The van der Waals surface area contributed by atoms with Crippen LogP contribution in [0.2, 0.25) is 0 Å². The first-order valence-electron chi connectivity index (χ1n) is 5.27. The Kier molecular flexibility index (Phi) is 2.91. The zero-order chi connectivity index (χ0) is 9.80. The lowest BCUT2D eigenvalue weighted by molar-refractivity contribution is 0.425. The van der Waals surface area contributed by atoms with Crippen LogP contribution >= 0.6 is 0 Å². The molecule has 0 amide bonds. The van der Waals surface area contributed by atoms with Gasteiger partial charge in [-0.2, -0.15) is 5.10 Å². The molecular weight excluding hydrogens is 176 g/mol. The van der Waals surface area contributed by atoms with Gasteiger partial charge < -0.3 is 5.32 Å². The van der Waals surface area contributed by atoms with Crippen molar-refractivity contribution in [1.82, 2.24) is 15.2 Å². The Morgan fingerprint density at radius 3 is 2.79 bits per heavy atom. The second kappa shape index (κ2) is 4.35. The van der Waals surface area contributed by atoms with E-state index < -0.39 is 0 Å². The van der Waals surface area contributed by atoms with E-state index in [9.17, 15) is 0 Å². The molecule has 1 aromatic heterocycles. The minimum atomic E-state index is 0.532. The van der Waals surface area contributed by atoms with Crippen molar-refractivity contribution >= 4 is 5.82 Å². The number of rotatable bonds is 2. The van der Waals surface area contributed by atoms with Crippen molar-refractivity contribution in [1.29, 1.82) is 0 Å². The van der Waals surface area contributed by atoms with Crippen molar-refractivity contribution in [2.75, 3.05) is 12.4 Å². The molecule has 1 aliphatic rings. The van der Waals surface area contributed by atoms with E-state index in [1.54, 1.807) is 6.20 Å². The summed E-state index contributed by atoms with van der Waals surface area (Å²) in [7, 11) is 1.86. The lowest BCUT2D eigenvalue weighted by Gasteiger charge is -2.19. The average molecular weight is 192 g/mol. The molecule has 1 fully saturated rings. The highest BCUT2D eigenvalue weighted by Gasteiger charge is 2.18. The minimum absolute atomic E-state index is 0.532. The first kappa shape index (κ1) is 9.37. The quantitative estimate of drug-likeness (QED) is 0.778. The Hall–Kier alpha value is -1.19. The van der Waals surface area contributed by atoms with Gasteiger partial charge in [-0.1, -0.05) is 19.3 Å². The van der Waals surface area contributed by atoms with Crippen molar-refractivity contribution in [3.8, 4) is 0 Å². The Morgan fingerprint density at radius 1 is 1.29 bits per heavy atom. The molecule has 1 aromatic rings. The summed E-state index contributed by atoms with van der Waals surface area (Å²) in [6.07, 6.45) is 8.06. The van der Waals surface area contributed by atoms with E-state index in [2.05, 4.69) is 20.5 Å². The van der Waals surface area contributed by atoms with E-state index in [4.69, 9.17) is 0 Å². The molecule has 0 bridgehead atoms. The van der Waals surface area contributed by atoms with Crippen molar-refractivity contribution < 1.29 is 0 Å². The Bertz CT molecular complexity index is 294. The number of nitrogens with zero attached hydrogens (tertiary/aromatic N) is 3. The van der Waals surface area contributed by atoms with E-state index in [1.807, 2.05) is 7.05 Å². The lowest BCUT2D eigenvalue weighted by Crippen LogP contribution is -2.10. The van der Waals surface area contributed by atoms with Gasteiger partial charge in [0.25, 0.3) is 0 Å². The van der Waals surface area contributed by atoms with Crippen molar-refractivity contribution in [2.45, 2.75) is 38.0 Å². The molecule has 0 saturated heterocycles. The van der Waals surface area contributed by atoms with Crippen LogP contribution in [-0.2, 0) is 0 Å². The molecule has 0 spiro atoms. The molecule has 4 nitrogen and oxygen atoms in total. The largest absolute Gasteiger partial charge is 0.372 e. The summed E-state index contributed by atoms with van der Waals surface area (Å²) in [5, 5.41) is 11.1. The van der Waals surface area contributed by atoms with Crippen LogP contribution in [0.1, 0.15) is 43.8 Å². The molecule has 1 heterocycles. The molecule has 0 aliphatic heterocycles. The monoisotopic (exact) mass is 192 g/mol. The second-order valence-corrected chi connectivity index (χ2v) is 3.78. The molecule has 0 aromatic carbocycles. The number of anilines is 1. The first-order valence-corrected chi connectivity index (χ1v) is 5.27. The maximum absolute atomic E-state index is 4.43. The van der Waals surface area contributed by atoms with Crippen molar-refractivity contribution in [2.24, 2.45) is 0 Å². The first-order chi connectivity index (χ1) is 6.90. The van der Waals surface area contributed by atoms with Crippen LogP contribution < -0.4 is 5.32 Å². The zero-order valence-corrected chi connectivity index (χ0v) is 8.53. The molecule has 0 atom stereocenters. The summed E-state index contributed by atoms with van der Waals surface area (Å²) in [5.41, 5.74) is 0. The Balaban J connectivity index is 2.13. The summed E-state index contributed by atoms with van der Waals surface area (Å²) >= 11 is 0. The number of aromatic nitrogens is 3. The lowest BCUT2D eigenvalue weighted by atomic mass is 9.89. The van der Waals surface area contributed by atoms with Crippen LogP contribution in [0.5, 0.6) is 0 Å². The van der Waals surface area contributed by atoms with Gasteiger partial charge in [0.1, 0.15) is 5.82 Å². The zero-order valence-electron chi connectivity index (χ0n) is 8.53. The summed E-state index contributed by atoms with van der Waals surface area (Å²) < 4.78 is 0. The van der Waals surface area contributed by atoms with E-state index in [-0.39, 0.29) is 0 Å². The topological polar surface area (TPSA) is 50.7 Å². The van der Waals surface area contributed by atoms with E-state index in [0.29, 0.717) is 5.92 Å². The van der Waals surface area contributed by atoms with Crippen LogP contribution in [0.15, 0.2) is 6.20 Å². The van der Waals surface area contributed by atoms with Gasteiger partial charge in [0.05, 0.1) is 6.20 Å². The fourth-order valence-electron chi connectivity index (χ4n) is 1.97. The molecule has 1 saturated carbocycles. The second-order valence-electron chi connectivity index (χ2n) is 3.78. The molecule has 1 aliphatic carbocycles. The summed E-state index contributed by atoms with van der Waals surface area (Å²) in [6.45, 7) is 0. The summed E-state index contributed by atoms with van der Waals surface area (Å²) in [4.78, 5) is 4.43. The molecule has 1 N–H and O–H groups in total. The van der Waals surface area contributed by atoms with Gasteiger partial charge in [0.2, 0.25) is 0 Å². The standard InChI is InChI=1S/C10H16N4/c1-11-9-7-12-14-10(13-9)8-5-3-2-4-6-8/h7-8H,2-6H2,1H3,(H,11,13,14). The van der Waals surface area contributed by atoms with Crippen LogP contribution in [0.3, 0.4) is 0 Å². The van der Waals surface area contributed by atoms with E-state index in [1.165, 1.54) is 32.1 Å². The highest BCUT2D eigenvalue weighted by atomic mass is 15.2. The predicted octanol–water partition coefficient (Wildman–Crippen LogP) is 1.96. The fraction of sp³-hybridized carbons (Fsp3) is 0.700. The maximum atomic E-state index is 4.43. The van der Waals surface area contributed by atoms with E-state index in [0.717, 1.165) is 11.6 Å². The van der Waals surface area contributed by atoms with E-state index >= 15 is 0 Å². The molecule has 2 rings (SSSR count). The van der Waals surface area contributed by atoms with Gasteiger partial charge in [-0.15, -0.1) is 5.10 Å². The third-order valence-electron chi connectivity index (χ3n) is 2.80. The fourth-order valence-corrected chi connectivity index (χ4v) is 1.97. The predicted molar refractivity (Wildman–Crippen MR) is 55.2 cm³/mol. The third-order valence-corrected chi connectivity index (χ3v) is 2.80. The van der Waals surface area contributed by atoms with Crippen molar-refractivity contribution in [3.05, 3.63) is 12.0 Å². The van der Waals surface area contributed by atoms with Crippen LogP contribution in [0, 0.1) is 0 Å². The number of hydrogen-bond donors (Lipinski definition) is 1. The number of nitrogens with one attached hydrogen (secondary N) is 1. The smallest absolute Gasteiger partial charge is 0.156 e. The Morgan fingerprint density at radius 2 is 2.07 bits per heavy atom. The molecule has 0 radical (unpaired) electrons. The van der Waals surface area contributed by atoms with Gasteiger partial charge in [-0.25, -0.2) is 4.98 Å². The summed E-state index contributed by atoms with van der Waals surface area (Å²) in [5.74, 6) is 2.27. The summed E-state index contributed by atoms with van der Waals surface area (Å²) in [6, 6.07) is 0. The maximum Gasteiger partial charge on any atom is 0.156 e. The highest BCUT2D eigenvalue weighted by molar-refractivity contribution is 5.29. The van der Waals surface area contributed by atoms with Gasteiger partial charge in [0, 0.05) is 13.0 Å². The van der Waals surface area contributed by atoms with Gasteiger partial charge in [0.15, 0.2) is 5.82 Å². The molecule has 76 valence electrons. The SMILES string of the molecule is CNc1cnnc(C2CCCCC2)n1.